The lowest BCUT2D eigenvalue weighted by Gasteiger charge is -2.15. The van der Waals surface area contributed by atoms with E-state index in [9.17, 15) is 4.79 Å². The van der Waals surface area contributed by atoms with E-state index < -0.39 is 0 Å². The van der Waals surface area contributed by atoms with Crippen LogP contribution in [0.15, 0.2) is 30.3 Å². The number of nitrogens with one attached hydrogen (secondary N) is 1. The lowest BCUT2D eigenvalue weighted by molar-refractivity contribution is 0.0828. The quantitative estimate of drug-likeness (QED) is 0.925. The molecule has 5 heteroatoms. The van der Waals surface area contributed by atoms with Crippen LogP contribution in [-0.4, -0.2) is 24.9 Å². The molecule has 1 heterocycles. The Morgan fingerprint density at radius 1 is 1.30 bits per heavy atom. The fraction of sp³-hybridized carbons (Fsp3) is 0.267. The Balaban J connectivity index is 2.21. The first-order valence-corrected chi connectivity index (χ1v) is 7.47. The van der Waals surface area contributed by atoms with Crippen LogP contribution < -0.4 is 5.32 Å². The molecular formula is C15H17ClN2OS. The number of amides is 1. The number of aryl methyl sites for hydroxylation is 1. The van der Waals surface area contributed by atoms with Crippen molar-refractivity contribution < 1.29 is 4.79 Å². The number of thiophene rings is 1. The van der Waals surface area contributed by atoms with Crippen molar-refractivity contribution in [3.8, 4) is 0 Å². The molecule has 2 rings (SSSR count). The number of carbonyl (C=O) groups excluding carboxylic acids is 1. The first-order chi connectivity index (χ1) is 9.47. The highest BCUT2D eigenvalue weighted by atomic mass is 35.5. The van der Waals surface area contributed by atoms with E-state index in [1.165, 1.54) is 9.75 Å². The predicted molar refractivity (Wildman–Crippen MR) is 85.9 cm³/mol. The summed E-state index contributed by atoms with van der Waals surface area (Å²) in [6.07, 6.45) is 0. The van der Waals surface area contributed by atoms with Crippen LogP contribution >= 0.6 is 22.9 Å². The molecule has 0 aliphatic heterocycles. The highest BCUT2D eigenvalue weighted by molar-refractivity contribution is 7.11. The Morgan fingerprint density at radius 3 is 2.65 bits per heavy atom. The molecule has 0 radical (unpaired) electrons. The molecular weight excluding hydrogens is 292 g/mol. The summed E-state index contributed by atoms with van der Waals surface area (Å²) >= 11 is 7.77. The molecule has 20 heavy (non-hydrogen) atoms. The molecule has 0 spiro atoms. The van der Waals surface area contributed by atoms with Crippen molar-refractivity contribution in [1.82, 2.24) is 4.90 Å². The molecule has 2 aromatic rings. The molecule has 0 aliphatic carbocycles. The maximum atomic E-state index is 12.1. The minimum Gasteiger partial charge on any atom is -0.379 e. The van der Waals surface area contributed by atoms with Crippen molar-refractivity contribution in [2.24, 2.45) is 0 Å². The van der Waals surface area contributed by atoms with Gasteiger partial charge in [-0.2, -0.15) is 0 Å². The van der Waals surface area contributed by atoms with E-state index in [1.807, 2.05) is 0 Å². The number of nitrogens with zero attached hydrogens (tertiary/aromatic N) is 1. The van der Waals surface area contributed by atoms with Crippen LogP contribution in [0, 0.1) is 6.92 Å². The molecule has 106 valence electrons. The summed E-state index contributed by atoms with van der Waals surface area (Å²) in [5.41, 5.74) is 1.40. The summed E-state index contributed by atoms with van der Waals surface area (Å²) in [6.45, 7) is 2.76. The first-order valence-electron chi connectivity index (χ1n) is 6.28. The third kappa shape index (κ3) is 3.52. The van der Waals surface area contributed by atoms with E-state index in [1.54, 1.807) is 48.5 Å². The van der Waals surface area contributed by atoms with Crippen molar-refractivity contribution in [1.29, 1.82) is 0 Å². The van der Waals surface area contributed by atoms with Gasteiger partial charge in [-0.3, -0.25) is 4.79 Å². The summed E-state index contributed by atoms with van der Waals surface area (Å²) in [7, 11) is 3.48. The van der Waals surface area contributed by atoms with Crippen molar-refractivity contribution in [2.45, 2.75) is 13.5 Å². The van der Waals surface area contributed by atoms with Crippen molar-refractivity contribution in [3.05, 3.63) is 50.7 Å². The molecule has 1 N–H and O–H groups in total. The van der Waals surface area contributed by atoms with Crippen molar-refractivity contribution >= 4 is 34.5 Å². The van der Waals surface area contributed by atoms with Gasteiger partial charge in [0.05, 0.1) is 5.56 Å². The topological polar surface area (TPSA) is 32.3 Å². The van der Waals surface area contributed by atoms with Gasteiger partial charge in [0, 0.05) is 41.1 Å². The van der Waals surface area contributed by atoms with E-state index in [0.29, 0.717) is 17.1 Å². The third-order valence-electron chi connectivity index (χ3n) is 2.87. The minimum atomic E-state index is -0.0356. The van der Waals surface area contributed by atoms with Crippen LogP contribution in [0.5, 0.6) is 0 Å². The van der Waals surface area contributed by atoms with E-state index >= 15 is 0 Å². The van der Waals surface area contributed by atoms with Crippen molar-refractivity contribution in [3.63, 3.8) is 0 Å². The molecule has 0 saturated heterocycles. The van der Waals surface area contributed by atoms with Crippen LogP contribution in [0.2, 0.25) is 5.02 Å². The zero-order valence-electron chi connectivity index (χ0n) is 11.7. The van der Waals surface area contributed by atoms with Crippen LogP contribution in [0.1, 0.15) is 20.1 Å². The second kappa shape index (κ2) is 6.29. The smallest absolute Gasteiger partial charge is 0.255 e. The Hall–Kier alpha value is -1.52. The van der Waals surface area contributed by atoms with Gasteiger partial charge >= 0.3 is 0 Å². The lowest BCUT2D eigenvalue weighted by atomic mass is 10.1. The molecule has 1 amide bonds. The number of halogens is 1. The monoisotopic (exact) mass is 308 g/mol. The molecule has 0 bridgehead atoms. The normalized spacial score (nSPS) is 10.4. The average Bonchev–Trinajstić information content (AvgIpc) is 2.81. The van der Waals surface area contributed by atoms with Crippen LogP contribution in [0.3, 0.4) is 0 Å². The predicted octanol–water partition coefficient (Wildman–Crippen LogP) is 4.02. The number of benzene rings is 1. The number of hydrogen-bond acceptors (Lipinski definition) is 3. The van der Waals surface area contributed by atoms with Gasteiger partial charge in [-0.1, -0.05) is 11.6 Å². The maximum Gasteiger partial charge on any atom is 0.255 e. The second-order valence-corrected chi connectivity index (χ2v) is 6.56. The van der Waals surface area contributed by atoms with Crippen LogP contribution in [0.25, 0.3) is 0 Å². The molecule has 0 aliphatic rings. The van der Waals surface area contributed by atoms with Crippen LogP contribution in [0.4, 0.5) is 5.69 Å². The summed E-state index contributed by atoms with van der Waals surface area (Å²) in [4.78, 5) is 16.2. The SMILES string of the molecule is Cc1ccc(CNc2cc(Cl)ccc2C(=O)N(C)C)s1. The third-order valence-corrected chi connectivity index (χ3v) is 4.10. The molecule has 1 aromatic heterocycles. The van der Waals surface area contributed by atoms with Gasteiger partial charge in [0.2, 0.25) is 0 Å². The molecule has 0 fully saturated rings. The zero-order chi connectivity index (χ0) is 14.7. The highest BCUT2D eigenvalue weighted by Gasteiger charge is 2.13. The van der Waals surface area contributed by atoms with Crippen molar-refractivity contribution in [2.75, 3.05) is 19.4 Å². The second-order valence-electron chi connectivity index (χ2n) is 4.76. The number of hydrogen-bond donors (Lipinski definition) is 1. The Bertz CT molecular complexity index is 622. The zero-order valence-corrected chi connectivity index (χ0v) is 13.3. The van der Waals surface area contributed by atoms with Gasteiger partial charge in [0.1, 0.15) is 0 Å². The van der Waals surface area contributed by atoms with E-state index in [0.717, 1.165) is 5.69 Å². The Kier molecular flexibility index (Phi) is 4.68. The number of rotatable bonds is 4. The van der Waals surface area contributed by atoms with E-state index in [4.69, 9.17) is 11.6 Å². The fourth-order valence-electron chi connectivity index (χ4n) is 1.85. The van der Waals surface area contributed by atoms with Gasteiger partial charge < -0.3 is 10.2 Å². The first kappa shape index (κ1) is 14.9. The molecule has 1 aromatic carbocycles. The number of carbonyl (C=O) groups is 1. The summed E-state index contributed by atoms with van der Waals surface area (Å²) in [6, 6.07) is 9.46. The molecule has 0 saturated carbocycles. The average molecular weight is 309 g/mol. The summed E-state index contributed by atoms with van der Waals surface area (Å²) < 4.78 is 0. The largest absolute Gasteiger partial charge is 0.379 e. The summed E-state index contributed by atoms with van der Waals surface area (Å²) in [5, 5.41) is 3.91. The molecule has 0 atom stereocenters. The maximum absolute atomic E-state index is 12.1. The highest BCUT2D eigenvalue weighted by Crippen LogP contribution is 2.24. The van der Waals surface area contributed by atoms with E-state index in [-0.39, 0.29) is 5.91 Å². The van der Waals surface area contributed by atoms with Gasteiger partial charge in [-0.05, 0) is 37.3 Å². The Labute approximate surface area is 128 Å². The minimum absolute atomic E-state index is 0.0356. The van der Waals surface area contributed by atoms with Gasteiger partial charge in [0.15, 0.2) is 0 Å². The van der Waals surface area contributed by atoms with Gasteiger partial charge in [0.25, 0.3) is 5.91 Å². The molecule has 3 nitrogen and oxygen atoms in total. The van der Waals surface area contributed by atoms with E-state index in [2.05, 4.69) is 24.4 Å². The van der Waals surface area contributed by atoms with Gasteiger partial charge in [-0.25, -0.2) is 0 Å². The van der Waals surface area contributed by atoms with Gasteiger partial charge in [-0.15, -0.1) is 11.3 Å². The Morgan fingerprint density at radius 2 is 2.05 bits per heavy atom. The number of anilines is 1. The van der Waals surface area contributed by atoms with Crippen LogP contribution in [-0.2, 0) is 6.54 Å². The fourth-order valence-corrected chi connectivity index (χ4v) is 2.85. The summed E-state index contributed by atoms with van der Waals surface area (Å²) in [5.74, 6) is -0.0356. The molecule has 0 unspecified atom stereocenters. The standard InChI is InChI=1S/C15H17ClN2OS/c1-10-4-6-12(20-10)9-17-14-8-11(16)5-7-13(14)15(19)18(2)3/h4-8,17H,9H2,1-3H3. The lowest BCUT2D eigenvalue weighted by Crippen LogP contribution is -2.22.